The molecule has 2 rings (SSSR count). The van der Waals surface area contributed by atoms with Crippen LogP contribution in [0.4, 0.5) is 8.78 Å². The van der Waals surface area contributed by atoms with Crippen LogP contribution in [0.25, 0.3) is 0 Å². The van der Waals surface area contributed by atoms with Crippen molar-refractivity contribution in [1.29, 1.82) is 0 Å². The molecule has 0 aliphatic carbocycles. The van der Waals surface area contributed by atoms with Gasteiger partial charge in [-0.3, -0.25) is 0 Å². The Kier molecular flexibility index (Phi) is 4.17. The van der Waals surface area contributed by atoms with Crippen molar-refractivity contribution < 1.29 is 22.3 Å². The molecule has 0 aromatic heterocycles. The van der Waals surface area contributed by atoms with E-state index in [-0.39, 0.29) is 13.2 Å². The van der Waals surface area contributed by atoms with Crippen molar-refractivity contribution in [2.45, 2.75) is 30.2 Å². The first-order valence-corrected chi connectivity index (χ1v) is 7.48. The molecular formula is C12H15F2NO3S. The molecule has 1 aromatic rings. The molecule has 106 valence electrons. The van der Waals surface area contributed by atoms with Gasteiger partial charge in [0.2, 0.25) is 10.0 Å². The lowest BCUT2D eigenvalue weighted by Crippen LogP contribution is -2.45. The van der Waals surface area contributed by atoms with E-state index in [1.54, 1.807) is 0 Å². The third-order valence-electron chi connectivity index (χ3n) is 3.23. The number of hydrogen-bond donors (Lipinski definition) is 1. The molecule has 1 unspecified atom stereocenters. The molecule has 0 spiro atoms. The fourth-order valence-electron chi connectivity index (χ4n) is 2.29. The van der Waals surface area contributed by atoms with Crippen LogP contribution in [0.1, 0.15) is 19.3 Å². The van der Waals surface area contributed by atoms with E-state index < -0.39 is 32.6 Å². The van der Waals surface area contributed by atoms with Crippen LogP contribution in [0.5, 0.6) is 0 Å². The standard InChI is InChI=1S/C12H15F2NO3S/c13-9-5-10(14)7-12(6-9)19(17,18)15-4-2-1-3-11(15)8-16/h5-7,11,16H,1-4,8H2. The van der Waals surface area contributed by atoms with Crippen molar-refractivity contribution >= 4 is 10.0 Å². The number of hydrogen-bond acceptors (Lipinski definition) is 3. The molecule has 1 aliphatic heterocycles. The minimum absolute atomic E-state index is 0.256. The van der Waals surface area contributed by atoms with Crippen LogP contribution in [-0.4, -0.2) is 37.0 Å². The maximum absolute atomic E-state index is 13.1. The third-order valence-corrected chi connectivity index (χ3v) is 5.16. The predicted octanol–water partition coefficient (Wildman–Crippen LogP) is 1.50. The zero-order chi connectivity index (χ0) is 14.0. The third kappa shape index (κ3) is 2.93. The first-order valence-electron chi connectivity index (χ1n) is 6.04. The van der Waals surface area contributed by atoms with Gasteiger partial charge in [0.05, 0.1) is 11.5 Å². The maximum atomic E-state index is 13.1. The van der Waals surface area contributed by atoms with Gasteiger partial charge < -0.3 is 5.11 Å². The summed E-state index contributed by atoms with van der Waals surface area (Å²) in [6.07, 6.45) is 2.05. The van der Waals surface area contributed by atoms with E-state index in [0.717, 1.165) is 22.9 Å². The van der Waals surface area contributed by atoms with Gasteiger partial charge in [0.15, 0.2) is 0 Å². The van der Waals surface area contributed by atoms with Crippen LogP contribution in [0.15, 0.2) is 23.1 Å². The minimum Gasteiger partial charge on any atom is -0.395 e. The number of benzene rings is 1. The second-order valence-electron chi connectivity index (χ2n) is 4.55. The van der Waals surface area contributed by atoms with E-state index in [4.69, 9.17) is 0 Å². The van der Waals surface area contributed by atoms with Gasteiger partial charge >= 0.3 is 0 Å². The molecule has 1 saturated heterocycles. The second kappa shape index (κ2) is 5.52. The van der Waals surface area contributed by atoms with Gasteiger partial charge in [-0.15, -0.1) is 0 Å². The molecule has 0 bridgehead atoms. The molecule has 1 N–H and O–H groups in total. The molecule has 1 aromatic carbocycles. The number of aliphatic hydroxyl groups excluding tert-OH is 1. The molecule has 19 heavy (non-hydrogen) atoms. The first kappa shape index (κ1) is 14.4. The zero-order valence-corrected chi connectivity index (χ0v) is 11.0. The van der Waals surface area contributed by atoms with Gasteiger partial charge in [-0.1, -0.05) is 6.42 Å². The molecule has 1 fully saturated rings. The monoisotopic (exact) mass is 291 g/mol. The Balaban J connectivity index is 2.40. The minimum atomic E-state index is -3.97. The smallest absolute Gasteiger partial charge is 0.243 e. The van der Waals surface area contributed by atoms with Gasteiger partial charge in [-0.25, -0.2) is 17.2 Å². The fourth-order valence-corrected chi connectivity index (χ4v) is 4.01. The van der Waals surface area contributed by atoms with E-state index in [1.165, 1.54) is 0 Å². The molecule has 1 aliphatic rings. The van der Waals surface area contributed by atoms with Crippen molar-refractivity contribution in [2.24, 2.45) is 0 Å². The van der Waals surface area contributed by atoms with Gasteiger partial charge in [0, 0.05) is 18.7 Å². The van der Waals surface area contributed by atoms with E-state index in [9.17, 15) is 22.3 Å². The highest BCUT2D eigenvalue weighted by Crippen LogP contribution is 2.26. The number of piperidine rings is 1. The van der Waals surface area contributed by atoms with Crippen LogP contribution in [0, 0.1) is 11.6 Å². The van der Waals surface area contributed by atoms with Crippen LogP contribution >= 0.6 is 0 Å². The fraction of sp³-hybridized carbons (Fsp3) is 0.500. The highest BCUT2D eigenvalue weighted by Gasteiger charge is 2.33. The number of aliphatic hydroxyl groups is 1. The number of halogens is 2. The summed E-state index contributed by atoms with van der Waals surface area (Å²) in [6.45, 7) is -0.0390. The Labute approximate surface area is 110 Å². The van der Waals surface area contributed by atoms with Crippen LogP contribution in [0.3, 0.4) is 0 Å². The summed E-state index contributed by atoms with van der Waals surface area (Å²) in [4.78, 5) is -0.412. The summed E-state index contributed by atoms with van der Waals surface area (Å²) in [5.74, 6) is -1.87. The Morgan fingerprint density at radius 2 is 1.84 bits per heavy atom. The van der Waals surface area contributed by atoms with E-state index in [1.807, 2.05) is 0 Å². The van der Waals surface area contributed by atoms with Crippen LogP contribution in [-0.2, 0) is 10.0 Å². The summed E-state index contributed by atoms with van der Waals surface area (Å²) >= 11 is 0. The molecule has 0 radical (unpaired) electrons. The van der Waals surface area contributed by atoms with Crippen molar-refractivity contribution in [3.8, 4) is 0 Å². The van der Waals surface area contributed by atoms with Crippen molar-refractivity contribution in [1.82, 2.24) is 4.31 Å². The summed E-state index contributed by atoms with van der Waals surface area (Å²) in [6, 6.07) is 1.69. The molecule has 4 nitrogen and oxygen atoms in total. The Hall–Kier alpha value is -1.05. The quantitative estimate of drug-likeness (QED) is 0.918. The lowest BCUT2D eigenvalue weighted by Gasteiger charge is -2.33. The summed E-state index contributed by atoms with van der Waals surface area (Å²) in [5, 5.41) is 9.23. The number of rotatable bonds is 3. The van der Waals surface area contributed by atoms with Crippen molar-refractivity contribution in [3.05, 3.63) is 29.8 Å². The average molecular weight is 291 g/mol. The van der Waals surface area contributed by atoms with E-state index in [0.29, 0.717) is 18.9 Å². The maximum Gasteiger partial charge on any atom is 0.243 e. The van der Waals surface area contributed by atoms with Gasteiger partial charge in [-0.05, 0) is 25.0 Å². The molecule has 0 amide bonds. The molecular weight excluding hydrogens is 276 g/mol. The lowest BCUT2D eigenvalue weighted by molar-refractivity contribution is 0.155. The largest absolute Gasteiger partial charge is 0.395 e. The second-order valence-corrected chi connectivity index (χ2v) is 6.44. The van der Waals surface area contributed by atoms with Gasteiger partial charge in [0.1, 0.15) is 11.6 Å². The highest BCUT2D eigenvalue weighted by atomic mass is 32.2. The summed E-state index contributed by atoms with van der Waals surface area (Å²) in [7, 11) is -3.97. The summed E-state index contributed by atoms with van der Waals surface area (Å²) in [5.41, 5.74) is 0. The summed E-state index contributed by atoms with van der Waals surface area (Å²) < 4.78 is 52.1. The Bertz CT molecular complexity index is 542. The molecule has 1 heterocycles. The van der Waals surface area contributed by atoms with Crippen molar-refractivity contribution in [2.75, 3.05) is 13.2 Å². The Morgan fingerprint density at radius 1 is 1.21 bits per heavy atom. The highest BCUT2D eigenvalue weighted by molar-refractivity contribution is 7.89. The predicted molar refractivity (Wildman–Crippen MR) is 65.0 cm³/mol. The van der Waals surface area contributed by atoms with E-state index in [2.05, 4.69) is 0 Å². The molecule has 7 heteroatoms. The Morgan fingerprint density at radius 3 is 2.42 bits per heavy atom. The van der Waals surface area contributed by atoms with Crippen LogP contribution in [0.2, 0.25) is 0 Å². The normalized spacial score (nSPS) is 21.5. The van der Waals surface area contributed by atoms with Gasteiger partial charge in [0.25, 0.3) is 0 Å². The SMILES string of the molecule is O=S(=O)(c1cc(F)cc(F)c1)N1CCCCC1CO. The zero-order valence-electron chi connectivity index (χ0n) is 10.2. The number of nitrogens with zero attached hydrogens (tertiary/aromatic N) is 1. The van der Waals surface area contributed by atoms with Crippen LogP contribution < -0.4 is 0 Å². The van der Waals surface area contributed by atoms with Crippen molar-refractivity contribution in [3.63, 3.8) is 0 Å². The number of sulfonamides is 1. The average Bonchev–Trinajstić information content (AvgIpc) is 2.37. The lowest BCUT2D eigenvalue weighted by atomic mass is 10.1. The van der Waals surface area contributed by atoms with Gasteiger partial charge in [-0.2, -0.15) is 4.31 Å². The molecule has 0 saturated carbocycles. The molecule has 1 atom stereocenters. The van der Waals surface area contributed by atoms with E-state index >= 15 is 0 Å². The topological polar surface area (TPSA) is 57.6 Å². The first-order chi connectivity index (χ1) is 8.95.